The highest BCUT2D eigenvalue weighted by Gasteiger charge is 2.00. The number of nitrogen functional groups attached to an aromatic ring is 1. The number of hydrogen-bond donors (Lipinski definition) is 1. The lowest BCUT2D eigenvalue weighted by atomic mass is 10.3. The number of ether oxygens (including phenoxy) is 2. The molecule has 0 saturated carbocycles. The molecule has 12 heavy (non-hydrogen) atoms. The molecule has 0 aliphatic rings. The number of methoxy groups -OCH3 is 1. The molecule has 0 aliphatic carbocycles. The van der Waals surface area contributed by atoms with Crippen molar-refractivity contribution in [3.63, 3.8) is 0 Å². The molecular weight excluding hydrogens is 154 g/mol. The summed E-state index contributed by atoms with van der Waals surface area (Å²) in [6.45, 7) is 2.58. The summed E-state index contributed by atoms with van der Waals surface area (Å²) in [4.78, 5) is 0. The molecule has 0 bridgehead atoms. The van der Waals surface area contributed by atoms with E-state index in [1.165, 1.54) is 0 Å². The van der Waals surface area contributed by atoms with Crippen LogP contribution in [0.4, 0.5) is 5.69 Å². The predicted octanol–water partition coefficient (Wildman–Crippen LogP) is 1.68. The second kappa shape index (κ2) is 3.85. The number of nitrogens with two attached hydrogens (primary N) is 1. The van der Waals surface area contributed by atoms with E-state index in [2.05, 4.69) is 0 Å². The molecule has 3 heteroatoms. The van der Waals surface area contributed by atoms with Crippen LogP contribution in [0.3, 0.4) is 0 Å². The Kier molecular flexibility index (Phi) is 2.80. The fourth-order valence-corrected chi connectivity index (χ4v) is 0.948. The molecule has 0 amide bonds. The summed E-state index contributed by atoms with van der Waals surface area (Å²) in [6, 6.07) is 5.37. The molecule has 1 aromatic rings. The smallest absolute Gasteiger partial charge is 0.145 e. The summed E-state index contributed by atoms with van der Waals surface area (Å²) >= 11 is 0. The third kappa shape index (κ3) is 1.81. The molecular formula is C9H13NO2. The molecule has 2 N–H and O–H groups in total. The molecule has 0 spiro atoms. The van der Waals surface area contributed by atoms with E-state index in [0.717, 1.165) is 5.75 Å². The van der Waals surface area contributed by atoms with Crippen LogP contribution in [0, 0.1) is 0 Å². The predicted molar refractivity (Wildman–Crippen MR) is 48.6 cm³/mol. The molecule has 66 valence electrons. The van der Waals surface area contributed by atoms with Crippen molar-refractivity contribution in [3.05, 3.63) is 18.2 Å². The van der Waals surface area contributed by atoms with Crippen LogP contribution in [-0.4, -0.2) is 13.7 Å². The van der Waals surface area contributed by atoms with Gasteiger partial charge in [-0.15, -0.1) is 0 Å². The zero-order valence-electron chi connectivity index (χ0n) is 7.33. The van der Waals surface area contributed by atoms with Gasteiger partial charge in [0.25, 0.3) is 0 Å². The molecule has 0 saturated heterocycles. The van der Waals surface area contributed by atoms with Crippen molar-refractivity contribution in [2.75, 3.05) is 19.5 Å². The summed E-state index contributed by atoms with van der Waals surface area (Å²) in [5.74, 6) is 1.43. The van der Waals surface area contributed by atoms with Crippen LogP contribution in [0.5, 0.6) is 11.5 Å². The topological polar surface area (TPSA) is 44.5 Å². The first-order valence-electron chi connectivity index (χ1n) is 3.84. The Hall–Kier alpha value is -1.38. The van der Waals surface area contributed by atoms with Crippen LogP contribution < -0.4 is 15.2 Å². The lowest BCUT2D eigenvalue weighted by Crippen LogP contribution is -1.95. The van der Waals surface area contributed by atoms with E-state index in [1.807, 2.05) is 13.0 Å². The zero-order chi connectivity index (χ0) is 8.97. The van der Waals surface area contributed by atoms with Gasteiger partial charge in [0.15, 0.2) is 0 Å². The summed E-state index contributed by atoms with van der Waals surface area (Å²) in [7, 11) is 1.58. The van der Waals surface area contributed by atoms with Crippen LogP contribution >= 0.6 is 0 Å². The number of anilines is 1. The van der Waals surface area contributed by atoms with Crippen molar-refractivity contribution in [3.8, 4) is 11.5 Å². The van der Waals surface area contributed by atoms with E-state index in [9.17, 15) is 0 Å². The second-order valence-corrected chi connectivity index (χ2v) is 2.34. The van der Waals surface area contributed by atoms with Crippen molar-refractivity contribution in [1.29, 1.82) is 0 Å². The number of hydrogen-bond acceptors (Lipinski definition) is 3. The van der Waals surface area contributed by atoms with Gasteiger partial charge < -0.3 is 15.2 Å². The maximum atomic E-state index is 5.62. The fourth-order valence-electron chi connectivity index (χ4n) is 0.948. The Labute approximate surface area is 72.1 Å². The van der Waals surface area contributed by atoms with Crippen molar-refractivity contribution in [2.45, 2.75) is 6.92 Å². The standard InChI is InChI=1S/C9H13NO2/c1-3-12-7-4-5-8(10)9(6-7)11-2/h4-6H,3,10H2,1-2H3. The highest BCUT2D eigenvalue weighted by atomic mass is 16.5. The minimum absolute atomic E-state index is 0.626. The van der Waals surface area contributed by atoms with Gasteiger partial charge in [0.1, 0.15) is 11.5 Å². The Balaban J connectivity index is 2.89. The summed E-state index contributed by atoms with van der Waals surface area (Å²) < 4.78 is 10.3. The first-order valence-corrected chi connectivity index (χ1v) is 3.84. The molecule has 1 rings (SSSR count). The number of benzene rings is 1. The Bertz CT molecular complexity index is 261. The van der Waals surface area contributed by atoms with Gasteiger partial charge in [0.2, 0.25) is 0 Å². The lowest BCUT2D eigenvalue weighted by Gasteiger charge is -2.07. The molecule has 1 aromatic carbocycles. The van der Waals surface area contributed by atoms with Crippen LogP contribution in [0.15, 0.2) is 18.2 Å². The number of rotatable bonds is 3. The third-order valence-electron chi connectivity index (χ3n) is 1.52. The quantitative estimate of drug-likeness (QED) is 0.696. The Morgan fingerprint density at radius 3 is 2.75 bits per heavy atom. The van der Waals surface area contributed by atoms with Crippen LogP contribution in [0.1, 0.15) is 6.92 Å². The molecule has 3 nitrogen and oxygen atoms in total. The van der Waals surface area contributed by atoms with Gasteiger partial charge in [-0.1, -0.05) is 0 Å². The minimum Gasteiger partial charge on any atom is -0.494 e. The van der Waals surface area contributed by atoms with E-state index in [4.69, 9.17) is 15.2 Å². The van der Waals surface area contributed by atoms with E-state index in [0.29, 0.717) is 18.0 Å². The lowest BCUT2D eigenvalue weighted by molar-refractivity contribution is 0.336. The molecule has 0 aliphatic heterocycles. The van der Waals surface area contributed by atoms with Gasteiger partial charge in [-0.25, -0.2) is 0 Å². The van der Waals surface area contributed by atoms with Crippen molar-refractivity contribution < 1.29 is 9.47 Å². The molecule has 0 radical (unpaired) electrons. The first-order chi connectivity index (χ1) is 5.77. The normalized spacial score (nSPS) is 9.50. The van der Waals surface area contributed by atoms with E-state index in [-0.39, 0.29) is 0 Å². The summed E-state index contributed by atoms with van der Waals surface area (Å²) in [6.07, 6.45) is 0. The molecule has 0 atom stereocenters. The van der Waals surface area contributed by atoms with Crippen LogP contribution in [-0.2, 0) is 0 Å². The van der Waals surface area contributed by atoms with Gasteiger partial charge in [-0.05, 0) is 19.1 Å². The Morgan fingerprint density at radius 2 is 2.17 bits per heavy atom. The molecule has 0 aromatic heterocycles. The molecule has 0 unspecified atom stereocenters. The van der Waals surface area contributed by atoms with Gasteiger partial charge in [0.05, 0.1) is 19.4 Å². The van der Waals surface area contributed by atoms with Gasteiger partial charge in [-0.2, -0.15) is 0 Å². The SMILES string of the molecule is CCOc1ccc(N)c(OC)c1. The van der Waals surface area contributed by atoms with Crippen molar-refractivity contribution >= 4 is 5.69 Å². The summed E-state index contributed by atoms with van der Waals surface area (Å²) in [5, 5.41) is 0. The highest BCUT2D eigenvalue weighted by Crippen LogP contribution is 2.26. The van der Waals surface area contributed by atoms with Gasteiger partial charge in [0, 0.05) is 6.07 Å². The van der Waals surface area contributed by atoms with Crippen molar-refractivity contribution in [1.82, 2.24) is 0 Å². The largest absolute Gasteiger partial charge is 0.494 e. The van der Waals surface area contributed by atoms with E-state index >= 15 is 0 Å². The average Bonchev–Trinajstić information content (AvgIpc) is 2.09. The average molecular weight is 167 g/mol. The van der Waals surface area contributed by atoms with Crippen LogP contribution in [0.25, 0.3) is 0 Å². The summed E-state index contributed by atoms with van der Waals surface area (Å²) in [5.41, 5.74) is 6.24. The first kappa shape index (κ1) is 8.71. The maximum absolute atomic E-state index is 5.62. The Morgan fingerprint density at radius 1 is 1.42 bits per heavy atom. The third-order valence-corrected chi connectivity index (χ3v) is 1.52. The van der Waals surface area contributed by atoms with E-state index in [1.54, 1.807) is 19.2 Å². The monoisotopic (exact) mass is 167 g/mol. The minimum atomic E-state index is 0.626. The van der Waals surface area contributed by atoms with E-state index < -0.39 is 0 Å². The second-order valence-electron chi connectivity index (χ2n) is 2.34. The highest BCUT2D eigenvalue weighted by molar-refractivity contribution is 5.55. The fraction of sp³-hybridized carbons (Fsp3) is 0.333. The van der Waals surface area contributed by atoms with Gasteiger partial charge >= 0.3 is 0 Å². The van der Waals surface area contributed by atoms with Crippen LogP contribution in [0.2, 0.25) is 0 Å². The van der Waals surface area contributed by atoms with Crippen molar-refractivity contribution in [2.24, 2.45) is 0 Å². The molecule has 0 fully saturated rings. The maximum Gasteiger partial charge on any atom is 0.145 e. The van der Waals surface area contributed by atoms with Gasteiger partial charge in [-0.3, -0.25) is 0 Å². The molecule has 0 heterocycles. The zero-order valence-corrected chi connectivity index (χ0v) is 7.33.